The Morgan fingerprint density at radius 1 is 1.37 bits per heavy atom. The van der Waals surface area contributed by atoms with Crippen LogP contribution in [0.3, 0.4) is 0 Å². The van der Waals surface area contributed by atoms with E-state index in [1.54, 1.807) is 35.3 Å². The van der Waals surface area contributed by atoms with Crippen LogP contribution in [-0.2, 0) is 14.3 Å². The molecule has 1 saturated heterocycles. The van der Waals surface area contributed by atoms with Crippen molar-refractivity contribution in [2.45, 2.75) is 23.8 Å². The lowest BCUT2D eigenvalue weighted by atomic mass is 10.2. The number of rotatable bonds is 7. The first-order valence-electron chi connectivity index (χ1n) is 8.45. The van der Waals surface area contributed by atoms with E-state index in [2.05, 4.69) is 5.32 Å². The van der Waals surface area contributed by atoms with Gasteiger partial charge in [0.15, 0.2) is 6.61 Å². The Morgan fingerprint density at radius 3 is 3.00 bits per heavy atom. The molecule has 0 spiro atoms. The number of thiophene rings is 1. The molecule has 1 aliphatic heterocycles. The highest BCUT2D eigenvalue weighted by molar-refractivity contribution is 7.99. The Kier molecular flexibility index (Phi) is 6.87. The molecule has 27 heavy (non-hydrogen) atoms. The van der Waals surface area contributed by atoms with Crippen LogP contribution in [0.5, 0.6) is 0 Å². The lowest BCUT2D eigenvalue weighted by Crippen LogP contribution is -2.21. The van der Waals surface area contributed by atoms with Crippen LogP contribution in [-0.4, -0.2) is 36.9 Å². The zero-order chi connectivity index (χ0) is 19.1. The van der Waals surface area contributed by atoms with Gasteiger partial charge in [0.2, 0.25) is 0 Å². The Bertz CT molecular complexity index is 853. The number of amides is 1. The van der Waals surface area contributed by atoms with Crippen molar-refractivity contribution in [1.82, 2.24) is 0 Å². The predicted molar refractivity (Wildman–Crippen MR) is 104 cm³/mol. The summed E-state index contributed by atoms with van der Waals surface area (Å²) in [7, 11) is 0. The van der Waals surface area contributed by atoms with Crippen molar-refractivity contribution in [1.29, 1.82) is 5.26 Å². The van der Waals surface area contributed by atoms with Gasteiger partial charge < -0.3 is 14.8 Å². The molecule has 140 valence electrons. The van der Waals surface area contributed by atoms with Gasteiger partial charge in [0.1, 0.15) is 11.1 Å². The van der Waals surface area contributed by atoms with Gasteiger partial charge in [-0.3, -0.25) is 4.79 Å². The molecule has 1 aromatic carbocycles. The molecule has 3 rings (SSSR count). The SMILES string of the molecule is N#Cc1ccsc1NC(=O)COC(=O)c1ccccc1SC[C@H]1CCCO1. The molecule has 1 fully saturated rings. The van der Waals surface area contributed by atoms with Gasteiger partial charge in [-0.15, -0.1) is 23.1 Å². The van der Waals surface area contributed by atoms with E-state index in [4.69, 9.17) is 14.7 Å². The molecule has 0 saturated carbocycles. The van der Waals surface area contributed by atoms with Gasteiger partial charge in [-0.25, -0.2) is 4.79 Å². The topological polar surface area (TPSA) is 88.4 Å². The third-order valence-electron chi connectivity index (χ3n) is 3.93. The van der Waals surface area contributed by atoms with Crippen molar-refractivity contribution in [3.63, 3.8) is 0 Å². The fourth-order valence-electron chi connectivity index (χ4n) is 2.59. The summed E-state index contributed by atoms with van der Waals surface area (Å²) in [4.78, 5) is 25.2. The molecule has 0 unspecified atom stereocenters. The van der Waals surface area contributed by atoms with Gasteiger partial charge in [-0.05, 0) is 36.4 Å². The van der Waals surface area contributed by atoms with Crippen molar-refractivity contribution in [2.75, 3.05) is 24.3 Å². The summed E-state index contributed by atoms with van der Waals surface area (Å²) in [5.74, 6) is -0.251. The molecule has 1 N–H and O–H groups in total. The van der Waals surface area contributed by atoms with Crippen LogP contribution in [0.1, 0.15) is 28.8 Å². The second-order valence-electron chi connectivity index (χ2n) is 5.84. The smallest absolute Gasteiger partial charge is 0.339 e. The first-order valence-corrected chi connectivity index (χ1v) is 10.3. The number of thioether (sulfide) groups is 1. The number of ether oxygens (including phenoxy) is 2. The minimum atomic E-state index is -0.549. The van der Waals surface area contributed by atoms with Gasteiger partial charge in [-0.1, -0.05) is 12.1 Å². The first kappa shape index (κ1) is 19.4. The number of carbonyl (C=O) groups is 2. The quantitative estimate of drug-likeness (QED) is 0.561. The normalized spacial score (nSPS) is 15.9. The maximum atomic E-state index is 12.4. The van der Waals surface area contributed by atoms with E-state index in [0.29, 0.717) is 16.1 Å². The van der Waals surface area contributed by atoms with Gasteiger partial charge in [0.25, 0.3) is 5.91 Å². The zero-order valence-corrected chi connectivity index (χ0v) is 16.1. The van der Waals surface area contributed by atoms with Gasteiger partial charge in [0, 0.05) is 17.3 Å². The summed E-state index contributed by atoms with van der Waals surface area (Å²) in [6, 6.07) is 10.8. The van der Waals surface area contributed by atoms with E-state index >= 15 is 0 Å². The minimum absolute atomic E-state index is 0.213. The largest absolute Gasteiger partial charge is 0.452 e. The van der Waals surface area contributed by atoms with E-state index in [1.165, 1.54) is 11.3 Å². The van der Waals surface area contributed by atoms with Crippen molar-refractivity contribution in [2.24, 2.45) is 0 Å². The standard InChI is InChI=1S/C19H18N2O4S2/c20-10-13-7-9-26-18(13)21-17(22)11-25-19(23)15-5-1-2-6-16(15)27-12-14-4-3-8-24-14/h1-2,5-7,9,14H,3-4,8,11-12H2,(H,21,22)/t14-/m1/s1. The molecule has 0 radical (unpaired) electrons. The number of nitrogens with zero attached hydrogens (tertiary/aromatic N) is 1. The molecule has 1 amide bonds. The molecule has 1 aliphatic rings. The predicted octanol–water partition coefficient (Wildman–Crippen LogP) is 3.69. The molecule has 0 aliphatic carbocycles. The molecule has 6 nitrogen and oxygen atoms in total. The number of anilines is 1. The molecule has 2 heterocycles. The molecule has 8 heteroatoms. The third kappa shape index (κ3) is 5.32. The summed E-state index contributed by atoms with van der Waals surface area (Å²) >= 11 is 2.80. The van der Waals surface area contributed by atoms with E-state index in [-0.39, 0.29) is 6.10 Å². The van der Waals surface area contributed by atoms with Crippen LogP contribution in [0.4, 0.5) is 5.00 Å². The summed E-state index contributed by atoms with van der Waals surface area (Å²) in [6.07, 6.45) is 2.32. The van der Waals surface area contributed by atoms with Crippen molar-refractivity contribution in [3.8, 4) is 6.07 Å². The summed E-state index contributed by atoms with van der Waals surface area (Å²) in [5, 5.41) is 13.7. The number of hydrogen-bond donors (Lipinski definition) is 1. The van der Waals surface area contributed by atoms with Crippen molar-refractivity contribution in [3.05, 3.63) is 46.8 Å². The molecule has 1 aromatic heterocycles. The lowest BCUT2D eigenvalue weighted by molar-refractivity contribution is -0.119. The van der Waals surface area contributed by atoms with Crippen LogP contribution >= 0.6 is 23.1 Å². The highest BCUT2D eigenvalue weighted by Gasteiger charge is 2.19. The Hall–Kier alpha value is -2.34. The van der Waals surface area contributed by atoms with Crippen LogP contribution in [0.15, 0.2) is 40.6 Å². The van der Waals surface area contributed by atoms with Gasteiger partial charge in [0.05, 0.1) is 17.2 Å². The fourth-order valence-corrected chi connectivity index (χ4v) is 4.45. The second-order valence-corrected chi connectivity index (χ2v) is 7.82. The number of benzene rings is 1. The maximum absolute atomic E-state index is 12.4. The van der Waals surface area contributed by atoms with Crippen LogP contribution < -0.4 is 5.32 Å². The number of carbonyl (C=O) groups excluding carboxylic acids is 2. The monoisotopic (exact) mass is 402 g/mol. The summed E-state index contributed by atoms with van der Waals surface area (Å²) in [5.41, 5.74) is 0.817. The molecule has 0 bridgehead atoms. The van der Waals surface area contributed by atoms with E-state index in [0.717, 1.165) is 30.1 Å². The van der Waals surface area contributed by atoms with Gasteiger partial charge >= 0.3 is 5.97 Å². The summed E-state index contributed by atoms with van der Waals surface area (Å²) < 4.78 is 10.8. The van der Waals surface area contributed by atoms with Gasteiger partial charge in [-0.2, -0.15) is 5.26 Å². The molecule has 2 aromatic rings. The fraction of sp³-hybridized carbons (Fsp3) is 0.316. The highest BCUT2D eigenvalue weighted by atomic mass is 32.2. The third-order valence-corrected chi connectivity index (χ3v) is 5.96. The zero-order valence-electron chi connectivity index (χ0n) is 14.5. The van der Waals surface area contributed by atoms with Crippen LogP contribution in [0.25, 0.3) is 0 Å². The second kappa shape index (κ2) is 9.55. The molecule has 1 atom stereocenters. The number of esters is 1. The minimum Gasteiger partial charge on any atom is -0.452 e. The maximum Gasteiger partial charge on any atom is 0.339 e. The molecular weight excluding hydrogens is 384 g/mol. The molecular formula is C19H18N2O4S2. The highest BCUT2D eigenvalue weighted by Crippen LogP contribution is 2.27. The Balaban J connectivity index is 1.54. The average molecular weight is 402 g/mol. The first-order chi connectivity index (χ1) is 13.2. The Morgan fingerprint density at radius 2 is 2.22 bits per heavy atom. The number of hydrogen-bond acceptors (Lipinski definition) is 7. The summed E-state index contributed by atoms with van der Waals surface area (Å²) in [6.45, 7) is 0.383. The van der Waals surface area contributed by atoms with Crippen LogP contribution in [0.2, 0.25) is 0 Å². The van der Waals surface area contributed by atoms with Crippen molar-refractivity contribution < 1.29 is 19.1 Å². The van der Waals surface area contributed by atoms with Crippen molar-refractivity contribution >= 4 is 40.0 Å². The van der Waals surface area contributed by atoms with E-state index < -0.39 is 18.5 Å². The van der Waals surface area contributed by atoms with E-state index in [9.17, 15) is 9.59 Å². The number of nitrogens with one attached hydrogen (secondary N) is 1. The van der Waals surface area contributed by atoms with Crippen LogP contribution in [0, 0.1) is 11.3 Å². The average Bonchev–Trinajstić information content (AvgIpc) is 3.36. The Labute approximate surface area is 165 Å². The number of nitriles is 1. The van der Waals surface area contributed by atoms with E-state index in [1.807, 2.05) is 18.2 Å². The lowest BCUT2D eigenvalue weighted by Gasteiger charge is -2.12.